The lowest BCUT2D eigenvalue weighted by atomic mass is 10.1. The number of rotatable bonds is 6. The molecule has 7 heteroatoms. The third-order valence-corrected chi connectivity index (χ3v) is 2.80. The lowest BCUT2D eigenvalue weighted by molar-refractivity contribution is -0.139. The van der Waals surface area contributed by atoms with Crippen molar-refractivity contribution < 1.29 is 19.8 Å². The first-order valence-electron chi connectivity index (χ1n) is 5.99. The highest BCUT2D eigenvalue weighted by atomic mass is 16.4. The lowest BCUT2D eigenvalue weighted by Crippen LogP contribution is -2.30. The number of nitrogens with one attached hydrogen (secondary N) is 1. The molecule has 0 aliphatic carbocycles. The van der Waals surface area contributed by atoms with E-state index >= 15 is 0 Å². The Hall–Kier alpha value is -2.70. The van der Waals surface area contributed by atoms with Crippen LogP contribution in [0.25, 0.3) is 10.9 Å². The molecule has 1 atom stereocenters. The Morgan fingerprint density at radius 2 is 1.95 bits per heavy atom. The molecule has 2 rings (SSSR count). The van der Waals surface area contributed by atoms with Gasteiger partial charge >= 0.3 is 11.9 Å². The van der Waals surface area contributed by atoms with Gasteiger partial charge in [-0.3, -0.25) is 4.79 Å². The number of nitrogens with zero attached hydrogens (tertiary/aromatic N) is 2. The summed E-state index contributed by atoms with van der Waals surface area (Å²) in [6, 6.07) is 6.16. The van der Waals surface area contributed by atoms with E-state index < -0.39 is 18.0 Å². The van der Waals surface area contributed by atoms with Crippen molar-refractivity contribution in [2.24, 2.45) is 0 Å². The van der Waals surface area contributed by atoms with Crippen LogP contribution in [0.1, 0.15) is 12.8 Å². The van der Waals surface area contributed by atoms with Gasteiger partial charge in [0.1, 0.15) is 18.2 Å². The highest BCUT2D eigenvalue weighted by molar-refractivity contribution is 5.90. The van der Waals surface area contributed by atoms with Gasteiger partial charge in [-0.25, -0.2) is 14.8 Å². The third kappa shape index (κ3) is 3.19. The average Bonchev–Trinajstić information content (AvgIpc) is 2.43. The molecule has 1 unspecified atom stereocenters. The van der Waals surface area contributed by atoms with Crippen molar-refractivity contribution in [3.05, 3.63) is 30.6 Å². The maximum atomic E-state index is 11.2. The fourth-order valence-corrected chi connectivity index (χ4v) is 1.81. The molecule has 0 radical (unpaired) electrons. The third-order valence-electron chi connectivity index (χ3n) is 2.80. The van der Waals surface area contributed by atoms with Crippen LogP contribution in [0.5, 0.6) is 0 Å². The number of carboxylic acids is 2. The standard InChI is InChI=1S/C13H13N3O4/c17-11(18)6-5-10(13(19)20)16-12-8-3-1-2-4-9(8)14-7-15-12/h1-4,7,10H,5-6H2,(H,17,18)(H,19,20)(H,14,15,16). The summed E-state index contributed by atoms with van der Waals surface area (Å²) in [5, 5.41) is 21.2. The van der Waals surface area contributed by atoms with Gasteiger partial charge in [-0.1, -0.05) is 12.1 Å². The SMILES string of the molecule is O=C(O)CCC(Nc1ncnc2ccccc12)C(=O)O. The fourth-order valence-electron chi connectivity index (χ4n) is 1.81. The Morgan fingerprint density at radius 1 is 1.20 bits per heavy atom. The molecular weight excluding hydrogens is 262 g/mol. The Labute approximate surface area is 114 Å². The molecule has 0 saturated carbocycles. The highest BCUT2D eigenvalue weighted by Gasteiger charge is 2.19. The van der Waals surface area contributed by atoms with Gasteiger partial charge in [0.05, 0.1) is 5.52 Å². The van der Waals surface area contributed by atoms with Crippen LogP contribution < -0.4 is 5.32 Å². The number of para-hydroxylation sites is 1. The minimum Gasteiger partial charge on any atom is -0.481 e. The van der Waals surface area contributed by atoms with Crippen molar-refractivity contribution in [1.29, 1.82) is 0 Å². The van der Waals surface area contributed by atoms with Crippen molar-refractivity contribution in [2.45, 2.75) is 18.9 Å². The van der Waals surface area contributed by atoms with Crippen LogP contribution in [-0.4, -0.2) is 38.2 Å². The molecule has 104 valence electrons. The van der Waals surface area contributed by atoms with E-state index in [2.05, 4.69) is 15.3 Å². The summed E-state index contributed by atoms with van der Waals surface area (Å²) >= 11 is 0. The molecule has 20 heavy (non-hydrogen) atoms. The molecule has 0 saturated heterocycles. The summed E-state index contributed by atoms with van der Waals surface area (Å²) in [6.45, 7) is 0. The molecule has 1 aromatic heterocycles. The number of carbonyl (C=O) groups is 2. The monoisotopic (exact) mass is 275 g/mol. The molecule has 0 aliphatic heterocycles. The molecule has 1 aromatic carbocycles. The number of fused-ring (bicyclic) bond motifs is 1. The van der Waals surface area contributed by atoms with E-state index in [0.29, 0.717) is 16.7 Å². The smallest absolute Gasteiger partial charge is 0.326 e. The van der Waals surface area contributed by atoms with Crippen molar-refractivity contribution in [3.8, 4) is 0 Å². The first kappa shape index (κ1) is 13.7. The topological polar surface area (TPSA) is 112 Å². The van der Waals surface area contributed by atoms with Gasteiger partial charge in [0.25, 0.3) is 0 Å². The largest absolute Gasteiger partial charge is 0.481 e. The second-order valence-electron chi connectivity index (χ2n) is 4.21. The van der Waals surface area contributed by atoms with Gasteiger partial charge < -0.3 is 15.5 Å². The Morgan fingerprint density at radius 3 is 2.65 bits per heavy atom. The molecule has 0 fully saturated rings. The Balaban J connectivity index is 2.24. The van der Waals surface area contributed by atoms with Crippen LogP contribution in [0.4, 0.5) is 5.82 Å². The minimum absolute atomic E-state index is 0.0248. The second-order valence-corrected chi connectivity index (χ2v) is 4.21. The molecular formula is C13H13N3O4. The lowest BCUT2D eigenvalue weighted by Gasteiger charge is -2.15. The normalized spacial score (nSPS) is 12.0. The zero-order valence-electron chi connectivity index (χ0n) is 10.5. The summed E-state index contributed by atoms with van der Waals surface area (Å²) in [6.07, 6.45) is 1.08. The summed E-state index contributed by atoms with van der Waals surface area (Å²) < 4.78 is 0. The number of anilines is 1. The highest BCUT2D eigenvalue weighted by Crippen LogP contribution is 2.19. The molecule has 7 nitrogen and oxygen atoms in total. The predicted molar refractivity (Wildman–Crippen MR) is 71.5 cm³/mol. The predicted octanol–water partition coefficient (Wildman–Crippen LogP) is 1.36. The molecule has 3 N–H and O–H groups in total. The molecule has 0 amide bonds. The van der Waals surface area contributed by atoms with Gasteiger partial charge in [0.15, 0.2) is 0 Å². The van der Waals surface area contributed by atoms with E-state index in [0.717, 1.165) is 0 Å². The number of benzene rings is 1. The van der Waals surface area contributed by atoms with E-state index in [1.54, 1.807) is 18.2 Å². The summed E-state index contributed by atoms with van der Waals surface area (Å²) in [7, 11) is 0. The van der Waals surface area contributed by atoms with E-state index in [4.69, 9.17) is 10.2 Å². The summed E-state index contributed by atoms with van der Waals surface area (Å²) in [5.74, 6) is -1.77. The Bertz CT molecular complexity index is 639. The van der Waals surface area contributed by atoms with Crippen LogP contribution in [0.2, 0.25) is 0 Å². The molecule has 0 spiro atoms. The molecule has 0 bridgehead atoms. The van der Waals surface area contributed by atoms with Gasteiger partial charge in [0, 0.05) is 11.8 Å². The van der Waals surface area contributed by atoms with Gasteiger partial charge in [0.2, 0.25) is 0 Å². The first-order chi connectivity index (χ1) is 9.58. The quantitative estimate of drug-likeness (QED) is 0.729. The summed E-state index contributed by atoms with van der Waals surface area (Å²) in [5.41, 5.74) is 0.687. The fraction of sp³-hybridized carbons (Fsp3) is 0.231. The zero-order chi connectivity index (χ0) is 14.5. The molecule has 2 aromatic rings. The van der Waals surface area contributed by atoms with Crippen LogP contribution in [0, 0.1) is 0 Å². The molecule has 0 aliphatic rings. The van der Waals surface area contributed by atoms with Gasteiger partial charge in [-0.2, -0.15) is 0 Å². The van der Waals surface area contributed by atoms with E-state index in [1.165, 1.54) is 6.33 Å². The van der Waals surface area contributed by atoms with Gasteiger partial charge in [-0.15, -0.1) is 0 Å². The van der Waals surface area contributed by atoms with Crippen LogP contribution in [0.15, 0.2) is 30.6 Å². The second kappa shape index (κ2) is 5.96. The van der Waals surface area contributed by atoms with E-state index in [1.807, 2.05) is 6.07 Å². The number of carboxylic acid groups (broad SMARTS) is 2. The van der Waals surface area contributed by atoms with Crippen molar-refractivity contribution in [3.63, 3.8) is 0 Å². The number of hydrogen-bond acceptors (Lipinski definition) is 5. The minimum atomic E-state index is -1.12. The maximum absolute atomic E-state index is 11.2. The number of aromatic nitrogens is 2. The van der Waals surface area contributed by atoms with Crippen LogP contribution >= 0.6 is 0 Å². The van der Waals surface area contributed by atoms with Crippen molar-refractivity contribution >= 4 is 28.7 Å². The zero-order valence-corrected chi connectivity index (χ0v) is 10.5. The maximum Gasteiger partial charge on any atom is 0.326 e. The van der Waals surface area contributed by atoms with E-state index in [9.17, 15) is 9.59 Å². The Kier molecular flexibility index (Phi) is 4.09. The van der Waals surface area contributed by atoms with Crippen molar-refractivity contribution in [2.75, 3.05) is 5.32 Å². The van der Waals surface area contributed by atoms with Gasteiger partial charge in [-0.05, 0) is 18.6 Å². The van der Waals surface area contributed by atoms with E-state index in [-0.39, 0.29) is 12.8 Å². The van der Waals surface area contributed by atoms with Crippen LogP contribution in [-0.2, 0) is 9.59 Å². The average molecular weight is 275 g/mol. The van der Waals surface area contributed by atoms with Crippen LogP contribution in [0.3, 0.4) is 0 Å². The number of hydrogen-bond donors (Lipinski definition) is 3. The number of aliphatic carboxylic acids is 2. The first-order valence-corrected chi connectivity index (χ1v) is 5.99. The van der Waals surface area contributed by atoms with Crippen molar-refractivity contribution in [1.82, 2.24) is 9.97 Å². The summed E-state index contributed by atoms with van der Waals surface area (Å²) in [4.78, 5) is 29.8. The molecule has 1 heterocycles.